The summed E-state index contributed by atoms with van der Waals surface area (Å²) in [5, 5.41) is 10.7. The van der Waals surface area contributed by atoms with Gasteiger partial charge in [0.05, 0.1) is 16.8 Å². The van der Waals surface area contributed by atoms with E-state index in [2.05, 4.69) is 10.6 Å². The molecule has 1 fully saturated rings. The van der Waals surface area contributed by atoms with Crippen LogP contribution in [0.3, 0.4) is 0 Å². The van der Waals surface area contributed by atoms with Gasteiger partial charge in [0.25, 0.3) is 0 Å². The van der Waals surface area contributed by atoms with Crippen LogP contribution in [0.2, 0.25) is 0 Å². The summed E-state index contributed by atoms with van der Waals surface area (Å²) in [7, 11) is -3.23. The van der Waals surface area contributed by atoms with Crippen molar-refractivity contribution in [1.82, 2.24) is 4.57 Å². The van der Waals surface area contributed by atoms with Crippen molar-refractivity contribution in [2.45, 2.75) is 25.3 Å². The van der Waals surface area contributed by atoms with Gasteiger partial charge in [0.15, 0.2) is 15.8 Å². The molecule has 0 amide bonds. The van der Waals surface area contributed by atoms with Crippen molar-refractivity contribution < 1.29 is 13.2 Å². The van der Waals surface area contributed by atoms with Gasteiger partial charge in [0.1, 0.15) is 11.8 Å². The third-order valence-electron chi connectivity index (χ3n) is 5.01. The highest BCUT2D eigenvalue weighted by molar-refractivity contribution is 7.90. The molecule has 2 aromatic carbocycles. The van der Waals surface area contributed by atoms with E-state index in [0.29, 0.717) is 17.4 Å². The summed E-state index contributed by atoms with van der Waals surface area (Å²) in [6.45, 7) is 0. The second-order valence-corrected chi connectivity index (χ2v) is 9.11. The fourth-order valence-electron chi connectivity index (χ4n) is 3.57. The number of sulfone groups is 1. The minimum Gasteiger partial charge on any atom is -0.478 e. The minimum absolute atomic E-state index is 0.343. The maximum Gasteiger partial charge on any atom is 0.188 e. The first-order chi connectivity index (χ1) is 13.0. The zero-order valence-electron chi connectivity index (χ0n) is 15.1. The summed E-state index contributed by atoms with van der Waals surface area (Å²) in [6, 6.07) is 18.1. The Kier molecular flexibility index (Phi) is 4.40. The van der Waals surface area contributed by atoms with Crippen molar-refractivity contribution in [1.29, 1.82) is 5.26 Å². The third-order valence-corrected chi connectivity index (χ3v) is 5.56. The molecule has 0 saturated heterocycles. The second kappa shape index (κ2) is 6.75. The fraction of sp³-hybridized carbons (Fsp3) is 0.286. The fourth-order valence-corrected chi connectivity index (χ4v) is 3.92. The topological polar surface area (TPSA) is 72.1 Å². The van der Waals surface area contributed by atoms with Crippen LogP contribution in [0.1, 0.15) is 30.9 Å². The van der Waals surface area contributed by atoms with Crippen LogP contribution in [0, 0.1) is 11.3 Å². The molecule has 1 aliphatic rings. The first-order valence-corrected chi connectivity index (χ1v) is 11.0. The van der Waals surface area contributed by atoms with Crippen molar-refractivity contribution in [3.8, 4) is 23.1 Å². The molecule has 3 aromatic rings. The molecule has 4 rings (SSSR count). The van der Waals surface area contributed by atoms with Gasteiger partial charge in [-0.1, -0.05) is 30.3 Å². The first-order valence-electron chi connectivity index (χ1n) is 8.92. The molecule has 6 heteroatoms. The quantitative estimate of drug-likeness (QED) is 0.662. The molecule has 1 aliphatic carbocycles. The molecule has 1 heterocycles. The van der Waals surface area contributed by atoms with Gasteiger partial charge in [-0.05, 0) is 37.0 Å². The summed E-state index contributed by atoms with van der Waals surface area (Å²) in [5.41, 5.74) is 3.51. The number of ether oxygens (including phenoxy) is 1. The zero-order valence-corrected chi connectivity index (χ0v) is 15.9. The number of fused-ring (bicyclic) bond motifs is 1. The molecule has 5 nitrogen and oxygen atoms in total. The lowest BCUT2D eigenvalue weighted by atomic mass is 9.92. The molecule has 138 valence electrons. The second-order valence-electron chi connectivity index (χ2n) is 7.02. The number of nitriles is 1. The lowest BCUT2D eigenvalue weighted by Gasteiger charge is -2.30. The molecular formula is C21H20N2O3S. The maximum absolute atomic E-state index is 11.4. The number of aromatic nitrogens is 1. The van der Waals surface area contributed by atoms with Gasteiger partial charge in [-0.15, -0.1) is 0 Å². The number of nitrogens with zero attached hydrogens (tertiary/aromatic N) is 2. The Bertz CT molecular complexity index is 1140. The standard InChI is InChI=1S/C21H20N2O3S/c1-27(24,25)14-26-17-10-11-18-19(13-22)21(15-6-3-2-4-7-15)23(20(18)12-17)16-8-5-9-16/h2-4,6-7,10-12,16H,5,8-9,14H2,1H3. The van der Waals surface area contributed by atoms with Crippen LogP contribution < -0.4 is 4.74 Å². The highest BCUT2D eigenvalue weighted by Gasteiger charge is 2.27. The molecule has 0 bridgehead atoms. The molecule has 0 radical (unpaired) electrons. The van der Waals surface area contributed by atoms with Gasteiger partial charge in [-0.2, -0.15) is 5.26 Å². The number of benzene rings is 2. The van der Waals surface area contributed by atoms with Crippen LogP contribution in [0.4, 0.5) is 0 Å². The summed E-state index contributed by atoms with van der Waals surface area (Å²) in [6.07, 6.45) is 4.46. The largest absolute Gasteiger partial charge is 0.478 e. The van der Waals surface area contributed by atoms with Crippen LogP contribution >= 0.6 is 0 Å². The summed E-state index contributed by atoms with van der Waals surface area (Å²) < 4.78 is 30.5. The molecule has 0 atom stereocenters. The lowest BCUT2D eigenvalue weighted by molar-refractivity contribution is 0.323. The predicted octanol–water partition coefficient (Wildman–Crippen LogP) is 4.29. The summed E-state index contributed by atoms with van der Waals surface area (Å²) in [4.78, 5) is 0. The molecule has 0 spiro atoms. The summed E-state index contributed by atoms with van der Waals surface area (Å²) >= 11 is 0. The van der Waals surface area contributed by atoms with Gasteiger partial charge in [0.2, 0.25) is 0 Å². The number of hydrogen-bond acceptors (Lipinski definition) is 4. The predicted molar refractivity (Wildman–Crippen MR) is 105 cm³/mol. The van der Waals surface area contributed by atoms with E-state index in [4.69, 9.17) is 4.74 Å². The number of rotatable bonds is 5. The smallest absolute Gasteiger partial charge is 0.188 e. The van der Waals surface area contributed by atoms with Crippen LogP contribution in [0.25, 0.3) is 22.2 Å². The van der Waals surface area contributed by atoms with E-state index in [-0.39, 0.29) is 5.94 Å². The molecule has 1 aromatic heterocycles. The van der Waals surface area contributed by atoms with Crippen molar-refractivity contribution in [2.24, 2.45) is 0 Å². The Hall–Kier alpha value is -2.78. The summed E-state index contributed by atoms with van der Waals surface area (Å²) in [5.74, 6) is 0.134. The Labute approximate surface area is 158 Å². The van der Waals surface area contributed by atoms with Crippen LogP contribution in [-0.2, 0) is 9.84 Å². The highest BCUT2D eigenvalue weighted by Crippen LogP contribution is 2.43. The lowest BCUT2D eigenvalue weighted by Crippen LogP contribution is -2.18. The molecule has 0 N–H and O–H groups in total. The van der Waals surface area contributed by atoms with E-state index < -0.39 is 9.84 Å². The van der Waals surface area contributed by atoms with Crippen molar-refractivity contribution >= 4 is 20.7 Å². The van der Waals surface area contributed by atoms with Crippen molar-refractivity contribution in [3.05, 3.63) is 54.1 Å². The van der Waals surface area contributed by atoms with Gasteiger partial charge in [-0.25, -0.2) is 8.42 Å². The SMILES string of the molecule is CS(=O)(=O)COc1ccc2c(C#N)c(-c3ccccc3)n(C3CCC3)c2c1. The third kappa shape index (κ3) is 3.31. The van der Waals surface area contributed by atoms with E-state index >= 15 is 0 Å². The Morgan fingerprint density at radius 2 is 1.93 bits per heavy atom. The maximum atomic E-state index is 11.4. The van der Waals surface area contributed by atoms with Gasteiger partial charge in [-0.3, -0.25) is 0 Å². The monoisotopic (exact) mass is 380 g/mol. The van der Waals surface area contributed by atoms with Crippen LogP contribution in [-0.4, -0.2) is 25.2 Å². The average molecular weight is 380 g/mol. The normalized spacial score (nSPS) is 14.7. The van der Waals surface area contributed by atoms with Gasteiger partial charge in [0, 0.05) is 23.8 Å². The van der Waals surface area contributed by atoms with Crippen LogP contribution in [0.5, 0.6) is 5.75 Å². The van der Waals surface area contributed by atoms with E-state index in [1.54, 1.807) is 6.07 Å². The van der Waals surface area contributed by atoms with E-state index in [9.17, 15) is 13.7 Å². The van der Waals surface area contributed by atoms with E-state index in [1.165, 1.54) is 6.42 Å². The minimum atomic E-state index is -3.23. The molecule has 1 saturated carbocycles. The van der Waals surface area contributed by atoms with Crippen LogP contribution in [0.15, 0.2) is 48.5 Å². The van der Waals surface area contributed by atoms with Gasteiger partial charge >= 0.3 is 0 Å². The zero-order chi connectivity index (χ0) is 19.0. The Morgan fingerprint density at radius 3 is 2.52 bits per heavy atom. The highest BCUT2D eigenvalue weighted by atomic mass is 32.2. The first kappa shape index (κ1) is 17.6. The van der Waals surface area contributed by atoms with Gasteiger partial charge < -0.3 is 9.30 Å². The molecule has 27 heavy (non-hydrogen) atoms. The van der Waals surface area contributed by atoms with Crippen molar-refractivity contribution in [2.75, 3.05) is 12.2 Å². The van der Waals surface area contributed by atoms with Crippen molar-refractivity contribution in [3.63, 3.8) is 0 Å². The Balaban J connectivity index is 1.92. The number of hydrogen-bond donors (Lipinski definition) is 0. The van der Waals surface area contributed by atoms with E-state index in [1.807, 2.05) is 42.5 Å². The average Bonchev–Trinajstić information content (AvgIpc) is 2.92. The Morgan fingerprint density at radius 1 is 1.19 bits per heavy atom. The molecular weight excluding hydrogens is 360 g/mol. The van der Waals surface area contributed by atoms with E-state index in [0.717, 1.165) is 41.3 Å². The molecule has 0 aliphatic heterocycles. The molecule has 0 unspecified atom stereocenters.